The molecule has 1 heterocycles. The van der Waals surface area contributed by atoms with Crippen molar-refractivity contribution in [3.63, 3.8) is 0 Å². The molecule has 3 aromatic rings. The lowest BCUT2D eigenvalue weighted by Crippen LogP contribution is -2.56. The van der Waals surface area contributed by atoms with Gasteiger partial charge in [0.25, 0.3) is 5.56 Å². The number of guanidine groups is 1. The molecule has 4 atom stereocenters. The summed E-state index contributed by atoms with van der Waals surface area (Å²) in [4.78, 5) is 22.8. The van der Waals surface area contributed by atoms with Crippen LogP contribution in [0.5, 0.6) is 5.75 Å². The lowest BCUT2D eigenvalue weighted by atomic mass is 9.45. The van der Waals surface area contributed by atoms with E-state index in [-0.39, 0.29) is 23.5 Å². The molecule has 1 aromatic heterocycles. The van der Waals surface area contributed by atoms with E-state index in [0.717, 1.165) is 29.9 Å². The van der Waals surface area contributed by atoms with Gasteiger partial charge < -0.3 is 15.4 Å². The Kier molecular flexibility index (Phi) is 7.40. The third-order valence-corrected chi connectivity index (χ3v) is 9.00. The molecule has 39 heavy (non-hydrogen) atoms. The van der Waals surface area contributed by atoms with Gasteiger partial charge in [-0.3, -0.25) is 9.36 Å². The minimum atomic E-state index is -0.345. The van der Waals surface area contributed by atoms with Crippen molar-refractivity contribution in [1.29, 1.82) is 0 Å². The molecule has 3 aliphatic carbocycles. The first-order chi connectivity index (χ1) is 18.6. The van der Waals surface area contributed by atoms with Crippen molar-refractivity contribution in [3.05, 3.63) is 64.5 Å². The molecule has 1 unspecified atom stereocenters. The molecule has 7 nitrogen and oxygen atoms in total. The molecule has 6 rings (SSSR count). The van der Waals surface area contributed by atoms with Gasteiger partial charge in [0.15, 0.2) is 5.96 Å². The molecule has 0 spiro atoms. The highest BCUT2D eigenvalue weighted by Gasteiger charge is 2.56. The van der Waals surface area contributed by atoms with Crippen LogP contribution in [0.3, 0.4) is 0 Å². The molecule has 0 amide bonds. The Morgan fingerprint density at radius 3 is 2.69 bits per heavy atom. The van der Waals surface area contributed by atoms with E-state index in [1.807, 2.05) is 12.1 Å². The molecule has 0 radical (unpaired) electrons. The SMILES string of the molecule is COc1ccc(CCn2cnc3cc(N/C(=N/C4C[C@@H]5C[C@H]([C@@H]4C)C5(C)C)NC(C)C)ccc3c2=O)c(F)c1. The van der Waals surface area contributed by atoms with E-state index in [2.05, 4.69) is 50.2 Å². The van der Waals surface area contributed by atoms with Gasteiger partial charge in [-0.2, -0.15) is 0 Å². The highest BCUT2D eigenvalue weighted by molar-refractivity contribution is 5.95. The van der Waals surface area contributed by atoms with E-state index < -0.39 is 0 Å². The molecule has 2 bridgehead atoms. The molecule has 2 N–H and O–H groups in total. The third kappa shape index (κ3) is 5.38. The number of aromatic nitrogens is 2. The van der Waals surface area contributed by atoms with E-state index in [1.165, 1.54) is 30.5 Å². The number of methoxy groups -OCH3 is 1. The Morgan fingerprint density at radius 2 is 2.03 bits per heavy atom. The van der Waals surface area contributed by atoms with E-state index >= 15 is 0 Å². The minimum Gasteiger partial charge on any atom is -0.497 e. The number of hydrogen-bond donors (Lipinski definition) is 2. The predicted octanol–water partition coefficient (Wildman–Crippen LogP) is 5.62. The number of benzene rings is 2. The van der Waals surface area contributed by atoms with Crippen LogP contribution >= 0.6 is 0 Å². The number of fused-ring (bicyclic) bond motifs is 3. The summed E-state index contributed by atoms with van der Waals surface area (Å²) in [6.07, 6.45) is 4.36. The van der Waals surface area contributed by atoms with Crippen LogP contribution in [0, 0.1) is 29.0 Å². The minimum absolute atomic E-state index is 0.146. The Balaban J connectivity index is 1.32. The van der Waals surface area contributed by atoms with Crippen molar-refractivity contribution in [2.45, 2.75) is 72.5 Å². The van der Waals surface area contributed by atoms with Gasteiger partial charge in [-0.05, 0) is 86.1 Å². The van der Waals surface area contributed by atoms with Crippen LogP contribution in [0.1, 0.15) is 53.0 Å². The molecule has 0 aliphatic heterocycles. The van der Waals surface area contributed by atoms with Crippen molar-refractivity contribution in [1.82, 2.24) is 14.9 Å². The summed E-state index contributed by atoms with van der Waals surface area (Å²) in [5, 5.41) is 7.45. The molecule has 3 saturated carbocycles. The van der Waals surface area contributed by atoms with Crippen LogP contribution in [-0.2, 0) is 13.0 Å². The van der Waals surface area contributed by atoms with E-state index in [9.17, 15) is 9.18 Å². The fourth-order valence-corrected chi connectivity index (χ4v) is 6.47. The number of nitrogens with one attached hydrogen (secondary N) is 2. The normalized spacial score (nSPS) is 23.9. The van der Waals surface area contributed by atoms with Crippen LogP contribution in [0.4, 0.5) is 10.1 Å². The monoisotopic (exact) mass is 533 g/mol. The first-order valence-corrected chi connectivity index (χ1v) is 14.0. The zero-order chi connectivity index (χ0) is 27.9. The van der Waals surface area contributed by atoms with Crippen LogP contribution in [0.15, 0.2) is 52.5 Å². The highest BCUT2D eigenvalue weighted by Crippen LogP contribution is 2.61. The number of halogens is 1. The largest absolute Gasteiger partial charge is 0.497 e. The van der Waals surface area contributed by atoms with Crippen LogP contribution in [-0.4, -0.2) is 34.7 Å². The fraction of sp³-hybridized carbons (Fsp3) is 0.516. The Hall–Kier alpha value is -3.42. The smallest absolute Gasteiger partial charge is 0.261 e. The molecule has 0 saturated heterocycles. The van der Waals surface area contributed by atoms with Gasteiger partial charge in [0, 0.05) is 24.3 Å². The number of nitrogens with zero attached hydrogens (tertiary/aromatic N) is 3. The second-order valence-electron chi connectivity index (χ2n) is 12.1. The first-order valence-electron chi connectivity index (χ1n) is 14.0. The number of anilines is 1. The average Bonchev–Trinajstić information content (AvgIpc) is 2.89. The molecule has 8 heteroatoms. The second kappa shape index (κ2) is 10.6. The van der Waals surface area contributed by atoms with Gasteiger partial charge in [-0.1, -0.05) is 26.8 Å². The lowest BCUT2D eigenvalue weighted by Gasteiger charge is -2.61. The summed E-state index contributed by atoms with van der Waals surface area (Å²) in [6, 6.07) is 10.8. The predicted molar refractivity (Wildman–Crippen MR) is 155 cm³/mol. The van der Waals surface area contributed by atoms with E-state index in [4.69, 9.17) is 9.73 Å². The van der Waals surface area contributed by atoms with Crippen molar-refractivity contribution < 1.29 is 9.13 Å². The van der Waals surface area contributed by atoms with Gasteiger partial charge in [0.2, 0.25) is 0 Å². The number of hydrogen-bond acceptors (Lipinski definition) is 4. The third-order valence-electron chi connectivity index (χ3n) is 9.00. The molecule has 3 fully saturated rings. The zero-order valence-electron chi connectivity index (χ0n) is 23.8. The summed E-state index contributed by atoms with van der Waals surface area (Å²) in [5.41, 5.74) is 2.24. The maximum atomic E-state index is 14.3. The van der Waals surface area contributed by atoms with Gasteiger partial charge >= 0.3 is 0 Å². The quantitative estimate of drug-likeness (QED) is 0.304. The van der Waals surface area contributed by atoms with Gasteiger partial charge in [0.05, 0.1) is 30.4 Å². The number of rotatable bonds is 7. The summed E-state index contributed by atoms with van der Waals surface area (Å²) in [7, 11) is 1.50. The average molecular weight is 534 g/mol. The molecule has 2 aromatic carbocycles. The number of aryl methyl sites for hydroxylation is 2. The van der Waals surface area contributed by atoms with Crippen molar-refractivity contribution >= 4 is 22.5 Å². The Morgan fingerprint density at radius 1 is 1.23 bits per heavy atom. The first kappa shape index (κ1) is 27.2. The summed E-state index contributed by atoms with van der Waals surface area (Å²) in [5.74, 6) is 2.88. The summed E-state index contributed by atoms with van der Waals surface area (Å²) in [6.45, 7) is 11.7. The highest BCUT2D eigenvalue weighted by atomic mass is 19.1. The Labute approximate surface area is 229 Å². The van der Waals surface area contributed by atoms with Crippen molar-refractivity contribution in [2.24, 2.45) is 28.2 Å². The maximum absolute atomic E-state index is 14.3. The molecular formula is C31H40FN5O2. The fourth-order valence-electron chi connectivity index (χ4n) is 6.47. The topological polar surface area (TPSA) is 80.5 Å². The van der Waals surface area contributed by atoms with Gasteiger partial charge in [-0.15, -0.1) is 0 Å². The molecule has 3 aliphatic rings. The Bertz CT molecular complexity index is 1450. The van der Waals surface area contributed by atoms with Crippen LogP contribution in [0.25, 0.3) is 10.9 Å². The van der Waals surface area contributed by atoms with Crippen LogP contribution < -0.4 is 20.9 Å². The number of aliphatic imine (C=N–C) groups is 1. The molecular weight excluding hydrogens is 493 g/mol. The van der Waals surface area contributed by atoms with Crippen molar-refractivity contribution in [2.75, 3.05) is 12.4 Å². The standard InChI is InChI=1S/C31H40FN5O2/c1-18(2)34-30(36-27-14-21-13-25(19(27)3)31(21,4)5)35-22-8-10-24-28(15-22)33-17-37(29(24)38)12-11-20-7-9-23(39-6)16-26(20)32/h7-10,15-19,21,25,27H,11-14H2,1-6H3,(H2,34,35,36)/t19-,21-,25+,27?/m0/s1. The zero-order valence-corrected chi connectivity index (χ0v) is 23.8. The summed E-state index contributed by atoms with van der Waals surface area (Å²) >= 11 is 0. The van der Waals surface area contributed by atoms with Crippen LogP contribution in [0.2, 0.25) is 0 Å². The second-order valence-corrected chi connectivity index (χ2v) is 12.1. The van der Waals surface area contributed by atoms with E-state index in [1.54, 1.807) is 18.2 Å². The van der Waals surface area contributed by atoms with Crippen molar-refractivity contribution in [3.8, 4) is 5.75 Å². The van der Waals surface area contributed by atoms with Gasteiger partial charge in [-0.25, -0.2) is 14.4 Å². The molecule has 208 valence electrons. The maximum Gasteiger partial charge on any atom is 0.261 e. The number of ether oxygens (including phenoxy) is 1. The summed E-state index contributed by atoms with van der Waals surface area (Å²) < 4.78 is 20.9. The van der Waals surface area contributed by atoms with Gasteiger partial charge in [0.1, 0.15) is 11.6 Å². The lowest BCUT2D eigenvalue weighted by molar-refractivity contribution is -0.108. The van der Waals surface area contributed by atoms with E-state index in [0.29, 0.717) is 46.5 Å².